The van der Waals surface area contributed by atoms with Gasteiger partial charge in [-0.2, -0.15) is 0 Å². The van der Waals surface area contributed by atoms with E-state index in [0.29, 0.717) is 52.8 Å². The van der Waals surface area contributed by atoms with Crippen LogP contribution in [0.1, 0.15) is 31.4 Å². The van der Waals surface area contributed by atoms with Crippen LogP contribution in [0.2, 0.25) is 5.02 Å². The number of anilines is 1. The van der Waals surface area contributed by atoms with Crippen LogP contribution in [-0.4, -0.2) is 69.1 Å². The zero-order valence-electron chi connectivity index (χ0n) is 19.6. The van der Waals surface area contributed by atoms with Gasteiger partial charge in [0.2, 0.25) is 5.95 Å². The molecule has 0 saturated heterocycles. The summed E-state index contributed by atoms with van der Waals surface area (Å²) in [4.78, 5) is 8.67. The summed E-state index contributed by atoms with van der Waals surface area (Å²) in [6.45, 7) is 4.73. The molecule has 184 valence electrons. The van der Waals surface area contributed by atoms with E-state index >= 15 is 0 Å². The van der Waals surface area contributed by atoms with Crippen molar-refractivity contribution in [2.75, 3.05) is 38.8 Å². The van der Waals surface area contributed by atoms with Crippen LogP contribution >= 0.6 is 23.5 Å². The summed E-state index contributed by atoms with van der Waals surface area (Å²) in [5.41, 5.74) is 0.680. The molecule has 0 bridgehead atoms. The highest BCUT2D eigenvalue weighted by atomic mass is 35.5. The Kier molecular flexibility index (Phi) is 9.75. The minimum absolute atomic E-state index is 0.0378. The molecule has 10 nitrogen and oxygen atoms in total. The number of aliphatic hydroxyl groups excluding tert-OH is 1. The van der Waals surface area contributed by atoms with Crippen molar-refractivity contribution in [3.63, 3.8) is 0 Å². The zero-order chi connectivity index (χ0) is 24.5. The van der Waals surface area contributed by atoms with Gasteiger partial charge in [0.15, 0.2) is 0 Å². The van der Waals surface area contributed by atoms with Gasteiger partial charge in [0.25, 0.3) is 0 Å². The number of ether oxygens (including phenoxy) is 3. The molecule has 12 heteroatoms. The van der Waals surface area contributed by atoms with Gasteiger partial charge < -0.3 is 19.3 Å². The molecule has 34 heavy (non-hydrogen) atoms. The van der Waals surface area contributed by atoms with Crippen molar-refractivity contribution in [1.29, 1.82) is 0 Å². The highest BCUT2D eigenvalue weighted by Gasteiger charge is 2.23. The standard InChI is InChI=1S/C22H29ClN6O4S/c1-14(21-24-12-16(23)13-25-21)15(2)34-28-22-27-26-19(8-10-33-11-9-30)29(22)20-17(31-3)6-5-7-18(20)32-4/h5-7,12-15,30H,8-11H2,1-4H3,(H,27,28). The van der Waals surface area contributed by atoms with Crippen molar-refractivity contribution < 1.29 is 19.3 Å². The van der Waals surface area contributed by atoms with Crippen molar-refractivity contribution >= 4 is 29.5 Å². The minimum Gasteiger partial charge on any atom is -0.494 e. The molecule has 2 aromatic heterocycles. The highest BCUT2D eigenvalue weighted by molar-refractivity contribution is 8.01. The van der Waals surface area contributed by atoms with Crippen LogP contribution in [0.25, 0.3) is 5.69 Å². The molecule has 0 spiro atoms. The third kappa shape index (κ3) is 6.29. The molecule has 0 aliphatic heterocycles. The Morgan fingerprint density at radius 3 is 2.38 bits per heavy atom. The van der Waals surface area contributed by atoms with Crippen molar-refractivity contribution in [3.8, 4) is 17.2 Å². The van der Waals surface area contributed by atoms with Gasteiger partial charge in [-0.25, -0.2) is 9.97 Å². The predicted molar refractivity (Wildman–Crippen MR) is 132 cm³/mol. The molecule has 0 saturated carbocycles. The van der Waals surface area contributed by atoms with E-state index in [9.17, 15) is 0 Å². The topological polar surface area (TPSA) is 116 Å². The van der Waals surface area contributed by atoms with Gasteiger partial charge in [0.1, 0.15) is 28.8 Å². The number of hydrogen-bond acceptors (Lipinski definition) is 10. The van der Waals surface area contributed by atoms with Crippen molar-refractivity contribution in [3.05, 3.63) is 47.3 Å². The van der Waals surface area contributed by atoms with Gasteiger partial charge in [0, 0.05) is 30.0 Å². The number of nitrogens with zero attached hydrogens (tertiary/aromatic N) is 5. The fraction of sp³-hybridized carbons (Fsp3) is 0.455. The number of methoxy groups -OCH3 is 2. The lowest BCUT2D eigenvalue weighted by atomic mass is 10.1. The summed E-state index contributed by atoms with van der Waals surface area (Å²) in [6, 6.07) is 5.56. The van der Waals surface area contributed by atoms with Gasteiger partial charge in [-0.05, 0) is 24.1 Å². The first kappa shape index (κ1) is 26.0. The first-order valence-electron chi connectivity index (χ1n) is 10.7. The number of para-hydroxylation sites is 1. The van der Waals surface area contributed by atoms with Crippen LogP contribution in [0.3, 0.4) is 0 Å². The van der Waals surface area contributed by atoms with Crippen LogP contribution in [0, 0.1) is 0 Å². The molecular weight excluding hydrogens is 480 g/mol. The molecule has 0 aliphatic rings. The Labute approximate surface area is 208 Å². The third-order valence-corrected chi connectivity index (χ3v) is 6.42. The quantitative estimate of drug-likeness (QED) is 0.262. The Hall–Kier alpha value is -2.60. The molecule has 3 aromatic rings. The van der Waals surface area contributed by atoms with E-state index in [1.54, 1.807) is 26.6 Å². The van der Waals surface area contributed by atoms with E-state index in [1.807, 2.05) is 22.8 Å². The number of aliphatic hydroxyl groups is 1. The highest BCUT2D eigenvalue weighted by Crippen LogP contribution is 2.36. The number of benzene rings is 1. The van der Waals surface area contributed by atoms with Crippen LogP contribution in [-0.2, 0) is 11.2 Å². The fourth-order valence-electron chi connectivity index (χ4n) is 3.18. The summed E-state index contributed by atoms with van der Waals surface area (Å²) in [5, 5.41) is 18.3. The monoisotopic (exact) mass is 508 g/mol. The zero-order valence-corrected chi connectivity index (χ0v) is 21.1. The van der Waals surface area contributed by atoms with E-state index in [4.69, 9.17) is 30.9 Å². The normalized spacial score (nSPS) is 12.9. The summed E-state index contributed by atoms with van der Waals surface area (Å²) >= 11 is 7.40. The Morgan fingerprint density at radius 2 is 1.76 bits per heavy atom. The number of aromatic nitrogens is 5. The second-order valence-electron chi connectivity index (χ2n) is 7.35. The maximum absolute atomic E-state index is 8.98. The number of halogens is 1. The predicted octanol–water partition coefficient (Wildman–Crippen LogP) is 3.53. The van der Waals surface area contributed by atoms with Crippen molar-refractivity contribution in [2.45, 2.75) is 31.4 Å². The Bertz CT molecular complexity index is 1030. The van der Waals surface area contributed by atoms with Crippen molar-refractivity contribution in [1.82, 2.24) is 24.7 Å². The lowest BCUT2D eigenvalue weighted by molar-refractivity contribution is 0.0934. The molecule has 1 aromatic carbocycles. The molecule has 2 unspecified atom stereocenters. The first-order chi connectivity index (χ1) is 16.5. The average Bonchev–Trinajstić information content (AvgIpc) is 3.26. The largest absolute Gasteiger partial charge is 0.494 e. The SMILES string of the molecule is COc1cccc(OC)c1-n1c(CCOCCO)nnc1NSC(C)C(C)c1ncc(Cl)cn1. The fourth-order valence-corrected chi connectivity index (χ4v) is 4.02. The molecule has 0 fully saturated rings. The van der Waals surface area contributed by atoms with Crippen LogP contribution in [0.5, 0.6) is 11.5 Å². The maximum Gasteiger partial charge on any atom is 0.239 e. The average molecular weight is 509 g/mol. The number of rotatable bonds is 13. The minimum atomic E-state index is -0.0378. The molecule has 0 radical (unpaired) electrons. The van der Waals surface area contributed by atoms with Gasteiger partial charge in [0.05, 0.1) is 39.1 Å². The Balaban J connectivity index is 1.87. The maximum atomic E-state index is 8.98. The third-order valence-electron chi connectivity index (χ3n) is 5.15. The number of nitrogens with one attached hydrogen (secondary N) is 1. The van der Waals surface area contributed by atoms with Gasteiger partial charge in [-0.3, -0.25) is 9.29 Å². The Morgan fingerprint density at radius 1 is 1.09 bits per heavy atom. The molecular formula is C22H29ClN6O4S. The second-order valence-corrected chi connectivity index (χ2v) is 8.97. The summed E-state index contributed by atoms with van der Waals surface area (Å²) < 4.78 is 21.9. The van der Waals surface area contributed by atoms with Crippen LogP contribution in [0.4, 0.5) is 5.95 Å². The van der Waals surface area contributed by atoms with Crippen LogP contribution in [0.15, 0.2) is 30.6 Å². The summed E-state index contributed by atoms with van der Waals surface area (Å²) in [5.74, 6) is 3.16. The molecule has 2 N–H and O–H groups in total. The van der Waals surface area contributed by atoms with Gasteiger partial charge >= 0.3 is 0 Å². The number of hydrogen-bond donors (Lipinski definition) is 2. The van der Waals surface area contributed by atoms with E-state index in [0.717, 1.165) is 0 Å². The van der Waals surface area contributed by atoms with Crippen molar-refractivity contribution in [2.24, 2.45) is 0 Å². The summed E-state index contributed by atoms with van der Waals surface area (Å²) in [7, 11) is 3.20. The molecule has 0 aliphatic carbocycles. The van der Waals surface area contributed by atoms with E-state index in [1.165, 1.54) is 11.9 Å². The smallest absolute Gasteiger partial charge is 0.239 e. The molecule has 3 rings (SSSR count). The first-order valence-corrected chi connectivity index (χ1v) is 12.0. The van der Waals surface area contributed by atoms with Gasteiger partial charge in [-0.15, -0.1) is 10.2 Å². The lowest BCUT2D eigenvalue weighted by Crippen LogP contribution is -2.15. The lowest BCUT2D eigenvalue weighted by Gasteiger charge is -2.20. The van der Waals surface area contributed by atoms with E-state index < -0.39 is 0 Å². The van der Waals surface area contributed by atoms with E-state index in [-0.39, 0.29) is 24.4 Å². The molecule has 2 atom stereocenters. The summed E-state index contributed by atoms with van der Waals surface area (Å²) in [6.07, 6.45) is 3.67. The van der Waals surface area contributed by atoms with Crippen LogP contribution < -0.4 is 14.2 Å². The van der Waals surface area contributed by atoms with E-state index in [2.05, 4.69) is 38.7 Å². The van der Waals surface area contributed by atoms with Gasteiger partial charge in [-0.1, -0.05) is 31.5 Å². The molecule has 0 amide bonds. The molecule has 2 heterocycles. The second kappa shape index (κ2) is 12.7.